The standard InChI is InChI=1S/C19H28O4/c1-17-9-15(22)6-12(10-20)16(17)3-2-13-7-14-8-18(13,17)4-5-19(14,23)11-21/h6,13-14,16,20-21,23H,2-5,7-11H2,1H3/t13-,14+,16-,17-,18-,19-/m0/s1. The highest BCUT2D eigenvalue weighted by Gasteiger charge is 2.67. The van der Waals surface area contributed by atoms with Crippen molar-refractivity contribution in [3.8, 4) is 0 Å². The summed E-state index contributed by atoms with van der Waals surface area (Å²) >= 11 is 0. The second kappa shape index (κ2) is 4.90. The molecule has 1 spiro atoms. The molecule has 4 heteroatoms. The normalized spacial score (nSPS) is 51.9. The smallest absolute Gasteiger partial charge is 0.156 e. The van der Waals surface area contributed by atoms with Crippen LogP contribution in [0, 0.1) is 28.6 Å². The van der Waals surface area contributed by atoms with E-state index in [4.69, 9.17) is 0 Å². The minimum absolute atomic E-state index is 0.0171. The van der Waals surface area contributed by atoms with E-state index in [-0.39, 0.29) is 35.7 Å². The number of hydrogen-bond donors (Lipinski definition) is 3. The van der Waals surface area contributed by atoms with Crippen LogP contribution in [0.15, 0.2) is 11.6 Å². The minimum Gasteiger partial charge on any atom is -0.393 e. The Morgan fingerprint density at radius 2 is 2.00 bits per heavy atom. The molecule has 0 aromatic heterocycles. The summed E-state index contributed by atoms with van der Waals surface area (Å²) in [7, 11) is 0. The van der Waals surface area contributed by atoms with Gasteiger partial charge >= 0.3 is 0 Å². The van der Waals surface area contributed by atoms with Crippen LogP contribution in [0.2, 0.25) is 0 Å². The quantitative estimate of drug-likeness (QED) is 0.725. The van der Waals surface area contributed by atoms with Crippen LogP contribution in [0.3, 0.4) is 0 Å². The van der Waals surface area contributed by atoms with Crippen molar-refractivity contribution in [2.45, 2.75) is 57.5 Å². The highest BCUT2D eigenvalue weighted by molar-refractivity contribution is 5.92. The first-order chi connectivity index (χ1) is 10.9. The second-order valence-corrected chi connectivity index (χ2v) is 8.82. The maximum absolute atomic E-state index is 12.3. The van der Waals surface area contributed by atoms with Crippen LogP contribution in [-0.2, 0) is 4.79 Å². The van der Waals surface area contributed by atoms with Crippen LogP contribution in [0.4, 0.5) is 0 Å². The first-order valence-electron chi connectivity index (χ1n) is 9.06. The molecule has 3 N–H and O–H groups in total. The molecule has 0 radical (unpaired) electrons. The van der Waals surface area contributed by atoms with Crippen LogP contribution in [-0.4, -0.2) is 39.9 Å². The van der Waals surface area contributed by atoms with Gasteiger partial charge < -0.3 is 15.3 Å². The molecule has 6 atom stereocenters. The summed E-state index contributed by atoms with van der Waals surface area (Å²) in [4.78, 5) is 12.3. The predicted molar refractivity (Wildman–Crippen MR) is 85.5 cm³/mol. The van der Waals surface area contributed by atoms with Crippen LogP contribution in [0.1, 0.15) is 51.9 Å². The van der Waals surface area contributed by atoms with Crippen molar-refractivity contribution in [2.75, 3.05) is 13.2 Å². The molecular weight excluding hydrogens is 292 g/mol. The molecule has 128 valence electrons. The van der Waals surface area contributed by atoms with Crippen LogP contribution in [0.5, 0.6) is 0 Å². The number of carbonyl (C=O) groups excluding carboxylic acids is 1. The Morgan fingerprint density at radius 3 is 2.70 bits per heavy atom. The Balaban J connectivity index is 1.77. The van der Waals surface area contributed by atoms with Gasteiger partial charge in [0.25, 0.3) is 0 Å². The average molecular weight is 320 g/mol. The van der Waals surface area contributed by atoms with Gasteiger partial charge in [-0.1, -0.05) is 6.92 Å². The maximum Gasteiger partial charge on any atom is 0.156 e. The number of carbonyl (C=O) groups is 1. The third-order valence-electron chi connectivity index (χ3n) is 8.23. The summed E-state index contributed by atoms with van der Waals surface area (Å²) < 4.78 is 0. The Kier molecular flexibility index (Phi) is 3.37. The van der Waals surface area contributed by atoms with Gasteiger partial charge in [-0.3, -0.25) is 4.79 Å². The lowest BCUT2D eigenvalue weighted by Crippen LogP contribution is -2.57. The summed E-state index contributed by atoms with van der Waals surface area (Å²) in [6, 6.07) is 0. The summed E-state index contributed by atoms with van der Waals surface area (Å²) in [5.41, 5.74) is -0.0245. The van der Waals surface area contributed by atoms with Gasteiger partial charge in [-0.05, 0) is 78.8 Å². The van der Waals surface area contributed by atoms with Crippen molar-refractivity contribution in [3.63, 3.8) is 0 Å². The fourth-order valence-electron chi connectivity index (χ4n) is 7.01. The fourth-order valence-corrected chi connectivity index (χ4v) is 7.01. The van der Waals surface area contributed by atoms with Crippen molar-refractivity contribution in [3.05, 3.63) is 11.6 Å². The zero-order valence-corrected chi connectivity index (χ0v) is 13.9. The monoisotopic (exact) mass is 320 g/mol. The molecule has 3 fully saturated rings. The molecular formula is C19H28O4. The Labute approximate surface area is 137 Å². The van der Waals surface area contributed by atoms with Gasteiger partial charge in [-0.2, -0.15) is 0 Å². The molecule has 2 bridgehead atoms. The third-order valence-corrected chi connectivity index (χ3v) is 8.23. The molecule has 0 aliphatic heterocycles. The van der Waals surface area contributed by atoms with E-state index in [2.05, 4.69) is 6.92 Å². The highest BCUT2D eigenvalue weighted by atomic mass is 16.3. The minimum atomic E-state index is -0.928. The van der Waals surface area contributed by atoms with Crippen molar-refractivity contribution in [1.82, 2.24) is 0 Å². The van der Waals surface area contributed by atoms with Crippen LogP contribution >= 0.6 is 0 Å². The Bertz CT molecular complexity index is 570. The highest BCUT2D eigenvalue weighted by Crippen LogP contribution is 2.73. The molecule has 0 amide bonds. The summed E-state index contributed by atoms with van der Waals surface area (Å²) in [6.45, 7) is 2.09. The number of allylic oxidation sites excluding steroid dienone is 1. The van der Waals surface area contributed by atoms with Gasteiger partial charge in [-0.15, -0.1) is 0 Å². The summed E-state index contributed by atoms with van der Waals surface area (Å²) in [5.74, 6) is 1.13. The maximum atomic E-state index is 12.3. The first-order valence-corrected chi connectivity index (χ1v) is 9.06. The van der Waals surface area contributed by atoms with E-state index in [0.717, 1.165) is 37.7 Å². The van der Waals surface area contributed by atoms with E-state index in [1.807, 2.05) is 0 Å². The molecule has 4 aliphatic carbocycles. The number of ketones is 1. The molecule has 3 saturated carbocycles. The second-order valence-electron chi connectivity index (χ2n) is 8.82. The lowest BCUT2D eigenvalue weighted by atomic mass is 9.43. The Hall–Kier alpha value is -0.710. The number of fused-ring (bicyclic) bond motifs is 2. The third kappa shape index (κ3) is 1.86. The van der Waals surface area contributed by atoms with Crippen LogP contribution in [0.25, 0.3) is 0 Å². The van der Waals surface area contributed by atoms with Crippen molar-refractivity contribution in [1.29, 1.82) is 0 Å². The molecule has 0 aromatic rings. The summed E-state index contributed by atoms with van der Waals surface area (Å²) in [5, 5.41) is 30.2. The van der Waals surface area contributed by atoms with E-state index in [9.17, 15) is 20.1 Å². The molecule has 4 nitrogen and oxygen atoms in total. The fraction of sp³-hybridized carbons (Fsp3) is 0.842. The van der Waals surface area contributed by atoms with E-state index in [1.165, 1.54) is 0 Å². The van der Waals surface area contributed by atoms with Gasteiger partial charge in [0.2, 0.25) is 0 Å². The van der Waals surface area contributed by atoms with Crippen molar-refractivity contribution < 1.29 is 20.1 Å². The zero-order chi connectivity index (χ0) is 16.5. The first kappa shape index (κ1) is 15.8. The van der Waals surface area contributed by atoms with E-state index in [0.29, 0.717) is 24.7 Å². The topological polar surface area (TPSA) is 77.8 Å². The molecule has 0 saturated heterocycles. The SMILES string of the molecule is C[C@]12CC(=O)C=C(CO)[C@@H]1CC[C@H]1C[C@@H]3C[C@@]12CC[C@]3(O)CO. The van der Waals surface area contributed by atoms with Crippen molar-refractivity contribution >= 4 is 5.78 Å². The van der Waals surface area contributed by atoms with Gasteiger partial charge in [0.15, 0.2) is 5.78 Å². The largest absolute Gasteiger partial charge is 0.393 e. The van der Waals surface area contributed by atoms with Gasteiger partial charge in [0.1, 0.15) is 0 Å². The predicted octanol–water partition coefficient (Wildman–Crippen LogP) is 1.82. The molecule has 4 aliphatic rings. The van der Waals surface area contributed by atoms with Gasteiger partial charge in [0, 0.05) is 6.42 Å². The number of rotatable bonds is 2. The number of hydrogen-bond acceptors (Lipinski definition) is 4. The lowest BCUT2D eigenvalue weighted by molar-refractivity contribution is -0.149. The number of aliphatic hydroxyl groups is 3. The van der Waals surface area contributed by atoms with Gasteiger partial charge in [-0.25, -0.2) is 0 Å². The summed E-state index contributed by atoms with van der Waals surface area (Å²) in [6.07, 6.45) is 7.84. The number of aliphatic hydroxyl groups excluding tert-OH is 2. The molecule has 23 heavy (non-hydrogen) atoms. The van der Waals surface area contributed by atoms with E-state index >= 15 is 0 Å². The van der Waals surface area contributed by atoms with Crippen molar-refractivity contribution in [2.24, 2.45) is 28.6 Å². The zero-order valence-electron chi connectivity index (χ0n) is 13.9. The average Bonchev–Trinajstić information content (AvgIpc) is 2.87. The lowest BCUT2D eigenvalue weighted by Gasteiger charge is -2.61. The van der Waals surface area contributed by atoms with Gasteiger partial charge in [0.05, 0.1) is 18.8 Å². The molecule has 0 heterocycles. The Morgan fingerprint density at radius 1 is 1.22 bits per heavy atom. The molecule has 0 unspecified atom stereocenters. The van der Waals surface area contributed by atoms with E-state index in [1.54, 1.807) is 6.08 Å². The van der Waals surface area contributed by atoms with E-state index < -0.39 is 5.60 Å². The van der Waals surface area contributed by atoms with Crippen LogP contribution < -0.4 is 0 Å². The molecule has 4 rings (SSSR count). The molecule has 0 aromatic carbocycles.